The third-order valence-corrected chi connectivity index (χ3v) is 3.47. The Kier molecular flexibility index (Phi) is 5.99. The quantitative estimate of drug-likeness (QED) is 0.763. The van der Waals surface area contributed by atoms with Gasteiger partial charge in [-0.1, -0.05) is 25.7 Å². The van der Waals surface area contributed by atoms with E-state index in [0.29, 0.717) is 6.54 Å². The van der Waals surface area contributed by atoms with Crippen LogP contribution >= 0.6 is 0 Å². The second kappa shape index (κ2) is 6.80. The van der Waals surface area contributed by atoms with E-state index >= 15 is 0 Å². The van der Waals surface area contributed by atoms with Crippen LogP contribution in [0.3, 0.4) is 0 Å². The molecule has 1 rings (SSSR count). The summed E-state index contributed by atoms with van der Waals surface area (Å²) >= 11 is 0. The minimum absolute atomic E-state index is 0.00645. The molecule has 0 aromatic rings. The molecule has 1 fully saturated rings. The maximum absolute atomic E-state index is 12.4. The number of hydrogen-bond donors (Lipinski definition) is 1. The normalized spacial score (nSPS) is 21.0. The summed E-state index contributed by atoms with van der Waals surface area (Å²) in [5, 5.41) is 3.41. The van der Waals surface area contributed by atoms with Gasteiger partial charge in [-0.05, 0) is 33.6 Å². The zero-order valence-corrected chi connectivity index (χ0v) is 11.9. The molecule has 0 heterocycles. The summed E-state index contributed by atoms with van der Waals surface area (Å²) in [7, 11) is 0. The molecule has 4 heteroatoms. The van der Waals surface area contributed by atoms with E-state index in [0.717, 1.165) is 25.7 Å². The fourth-order valence-corrected chi connectivity index (χ4v) is 2.41. The smallest absolute Gasteiger partial charge is 0.261 e. The van der Waals surface area contributed by atoms with Crippen molar-refractivity contribution < 1.29 is 13.5 Å². The lowest BCUT2D eigenvalue weighted by molar-refractivity contribution is -0.0974. The van der Waals surface area contributed by atoms with Gasteiger partial charge in [-0.25, -0.2) is 8.78 Å². The number of rotatable bonds is 5. The van der Waals surface area contributed by atoms with Gasteiger partial charge in [0.25, 0.3) is 6.43 Å². The molecular weight excluding hydrogens is 236 g/mol. The molecule has 0 radical (unpaired) electrons. The lowest BCUT2D eigenvalue weighted by Crippen LogP contribution is -2.49. The first-order chi connectivity index (χ1) is 8.33. The van der Waals surface area contributed by atoms with Crippen LogP contribution in [0.25, 0.3) is 0 Å². The molecule has 0 atom stereocenters. The first kappa shape index (κ1) is 15.8. The fraction of sp³-hybridized carbons (Fsp3) is 1.00. The summed E-state index contributed by atoms with van der Waals surface area (Å²) < 4.78 is 30.4. The highest BCUT2D eigenvalue weighted by molar-refractivity contribution is 4.88. The van der Waals surface area contributed by atoms with Crippen LogP contribution in [0.15, 0.2) is 0 Å². The van der Waals surface area contributed by atoms with Crippen molar-refractivity contribution >= 4 is 0 Å². The molecule has 1 N–H and O–H groups in total. The van der Waals surface area contributed by atoms with Gasteiger partial charge in [0.2, 0.25) is 0 Å². The Morgan fingerprint density at radius 2 is 1.67 bits per heavy atom. The monoisotopic (exact) mass is 263 g/mol. The average Bonchev–Trinajstić information content (AvgIpc) is 2.49. The first-order valence-electron chi connectivity index (χ1n) is 7.00. The first-order valence-corrected chi connectivity index (χ1v) is 7.00. The zero-order valence-electron chi connectivity index (χ0n) is 11.9. The van der Waals surface area contributed by atoms with E-state index in [1.54, 1.807) is 0 Å². The summed E-state index contributed by atoms with van der Waals surface area (Å²) in [6, 6.07) is 0. The van der Waals surface area contributed by atoms with Gasteiger partial charge in [-0.15, -0.1) is 0 Å². The van der Waals surface area contributed by atoms with Crippen molar-refractivity contribution in [1.82, 2.24) is 5.32 Å². The topological polar surface area (TPSA) is 21.3 Å². The van der Waals surface area contributed by atoms with Crippen molar-refractivity contribution in [2.75, 3.05) is 13.2 Å². The van der Waals surface area contributed by atoms with Gasteiger partial charge in [0, 0.05) is 12.1 Å². The summed E-state index contributed by atoms with van der Waals surface area (Å²) in [5.74, 6) is 0. The van der Waals surface area contributed by atoms with Crippen LogP contribution in [0.1, 0.15) is 59.3 Å². The van der Waals surface area contributed by atoms with Gasteiger partial charge in [0.05, 0.1) is 5.60 Å². The molecule has 0 unspecified atom stereocenters. The fourth-order valence-electron chi connectivity index (χ4n) is 2.41. The number of hydrogen-bond acceptors (Lipinski definition) is 2. The Morgan fingerprint density at radius 1 is 1.11 bits per heavy atom. The number of nitrogens with one attached hydrogen (secondary N) is 1. The summed E-state index contributed by atoms with van der Waals surface area (Å²) in [4.78, 5) is 0. The average molecular weight is 263 g/mol. The highest BCUT2D eigenvalue weighted by Gasteiger charge is 2.33. The van der Waals surface area contributed by atoms with Gasteiger partial charge >= 0.3 is 0 Å². The van der Waals surface area contributed by atoms with E-state index in [9.17, 15) is 8.78 Å². The lowest BCUT2D eigenvalue weighted by atomic mass is 9.92. The molecule has 1 aliphatic carbocycles. The maximum Gasteiger partial charge on any atom is 0.261 e. The summed E-state index contributed by atoms with van der Waals surface area (Å²) in [6.07, 6.45) is 3.94. The summed E-state index contributed by atoms with van der Waals surface area (Å²) in [6.45, 7) is 6.49. The van der Waals surface area contributed by atoms with Crippen LogP contribution in [0, 0.1) is 0 Å². The van der Waals surface area contributed by atoms with Gasteiger partial charge in [0.15, 0.2) is 0 Å². The Morgan fingerprint density at radius 3 is 2.11 bits per heavy atom. The van der Waals surface area contributed by atoms with Gasteiger partial charge < -0.3 is 10.1 Å². The Hall–Kier alpha value is -0.220. The van der Waals surface area contributed by atoms with Crippen LogP contribution in [0.5, 0.6) is 0 Å². The summed E-state index contributed by atoms with van der Waals surface area (Å²) in [5.41, 5.74) is -0.395. The van der Waals surface area contributed by atoms with Gasteiger partial charge in [0.1, 0.15) is 6.61 Å². The molecule has 0 bridgehead atoms. The van der Waals surface area contributed by atoms with E-state index in [4.69, 9.17) is 4.74 Å². The Bertz CT molecular complexity index is 230. The standard InChI is InChI=1S/C14H27F2NO/c1-13(2,3)17-11-14(18-10-12(15)16)8-6-4-5-7-9-14/h12,17H,4-11H2,1-3H3. The van der Waals surface area contributed by atoms with Crippen LogP contribution in [-0.4, -0.2) is 30.7 Å². The molecule has 0 aromatic heterocycles. The van der Waals surface area contributed by atoms with E-state index in [1.165, 1.54) is 12.8 Å². The van der Waals surface area contributed by atoms with E-state index in [-0.39, 0.29) is 11.1 Å². The molecule has 0 saturated heterocycles. The van der Waals surface area contributed by atoms with E-state index in [1.807, 2.05) is 0 Å². The third kappa shape index (κ3) is 6.10. The number of halogens is 2. The van der Waals surface area contributed by atoms with Crippen molar-refractivity contribution in [2.45, 2.75) is 76.9 Å². The third-order valence-electron chi connectivity index (χ3n) is 3.47. The SMILES string of the molecule is CC(C)(C)NCC1(OCC(F)F)CCCCCC1. The minimum atomic E-state index is -2.38. The molecule has 18 heavy (non-hydrogen) atoms. The van der Waals surface area contributed by atoms with Crippen molar-refractivity contribution in [3.8, 4) is 0 Å². The molecule has 108 valence electrons. The van der Waals surface area contributed by atoms with Crippen molar-refractivity contribution in [3.63, 3.8) is 0 Å². The van der Waals surface area contributed by atoms with Crippen molar-refractivity contribution in [2.24, 2.45) is 0 Å². The molecular formula is C14H27F2NO. The highest BCUT2D eigenvalue weighted by atomic mass is 19.3. The van der Waals surface area contributed by atoms with Crippen LogP contribution in [0.4, 0.5) is 8.78 Å². The van der Waals surface area contributed by atoms with Crippen LogP contribution in [0.2, 0.25) is 0 Å². The molecule has 1 saturated carbocycles. The lowest BCUT2D eigenvalue weighted by Gasteiger charge is -2.36. The van der Waals surface area contributed by atoms with Crippen molar-refractivity contribution in [1.29, 1.82) is 0 Å². The van der Waals surface area contributed by atoms with Crippen LogP contribution < -0.4 is 5.32 Å². The Labute approximate surface area is 109 Å². The zero-order chi connectivity index (χ0) is 13.6. The second-order valence-corrected chi connectivity index (χ2v) is 6.40. The molecule has 1 aliphatic rings. The second-order valence-electron chi connectivity index (χ2n) is 6.40. The largest absolute Gasteiger partial charge is 0.368 e. The molecule has 0 spiro atoms. The number of ether oxygens (including phenoxy) is 1. The van der Waals surface area contributed by atoms with Crippen LogP contribution in [-0.2, 0) is 4.74 Å². The van der Waals surface area contributed by atoms with Gasteiger partial charge in [-0.2, -0.15) is 0 Å². The predicted molar refractivity (Wildman–Crippen MR) is 70.1 cm³/mol. The van der Waals surface area contributed by atoms with E-state index < -0.39 is 13.0 Å². The predicted octanol–water partition coefficient (Wildman–Crippen LogP) is 3.75. The molecule has 2 nitrogen and oxygen atoms in total. The maximum atomic E-state index is 12.4. The van der Waals surface area contributed by atoms with Crippen molar-refractivity contribution in [3.05, 3.63) is 0 Å². The Balaban J connectivity index is 2.59. The van der Waals surface area contributed by atoms with E-state index in [2.05, 4.69) is 26.1 Å². The molecule has 0 aromatic carbocycles. The molecule has 0 amide bonds. The molecule has 0 aliphatic heterocycles. The highest BCUT2D eigenvalue weighted by Crippen LogP contribution is 2.31. The number of alkyl halides is 2. The minimum Gasteiger partial charge on any atom is -0.368 e. The van der Waals surface area contributed by atoms with Gasteiger partial charge in [-0.3, -0.25) is 0 Å².